The Hall–Kier alpha value is -0.940. The van der Waals surface area contributed by atoms with Crippen LogP contribution in [0.1, 0.15) is 36.4 Å². The van der Waals surface area contributed by atoms with Gasteiger partial charge in [-0.05, 0) is 19.8 Å². The lowest BCUT2D eigenvalue weighted by atomic mass is 10.0. The number of aryl methyl sites for hydroxylation is 1. The molecule has 1 aliphatic rings. The molecule has 1 aliphatic carbocycles. The maximum absolute atomic E-state index is 12.0. The molecule has 0 aromatic carbocycles. The molecule has 1 saturated carbocycles. The van der Waals surface area contributed by atoms with Gasteiger partial charge in [0.05, 0.1) is 22.7 Å². The Morgan fingerprint density at radius 3 is 2.78 bits per heavy atom. The second kappa shape index (κ2) is 5.36. The van der Waals surface area contributed by atoms with E-state index in [0.717, 1.165) is 36.4 Å². The van der Waals surface area contributed by atoms with Crippen molar-refractivity contribution in [1.29, 1.82) is 0 Å². The van der Waals surface area contributed by atoms with E-state index in [0.29, 0.717) is 13.0 Å². The third-order valence-electron chi connectivity index (χ3n) is 3.49. The Labute approximate surface area is 112 Å². The number of carbonyl (C=O) groups excluding carboxylic acids is 1. The topological polar surface area (TPSA) is 53.4 Å². The van der Waals surface area contributed by atoms with Crippen LogP contribution < -0.4 is 0 Å². The lowest BCUT2D eigenvalue weighted by Crippen LogP contribution is -2.42. The number of thiazole rings is 1. The van der Waals surface area contributed by atoms with E-state index < -0.39 is 5.60 Å². The fourth-order valence-electron chi connectivity index (χ4n) is 2.50. The lowest BCUT2D eigenvalue weighted by molar-refractivity contribution is -0.132. The Morgan fingerprint density at radius 2 is 2.22 bits per heavy atom. The molecule has 0 saturated heterocycles. The van der Waals surface area contributed by atoms with Gasteiger partial charge < -0.3 is 10.0 Å². The highest BCUT2D eigenvalue weighted by molar-refractivity contribution is 7.09. The van der Waals surface area contributed by atoms with Gasteiger partial charge in [0.2, 0.25) is 5.91 Å². The number of hydrogen-bond donors (Lipinski definition) is 1. The molecule has 5 heteroatoms. The quantitative estimate of drug-likeness (QED) is 0.905. The average molecular weight is 268 g/mol. The van der Waals surface area contributed by atoms with Crippen LogP contribution in [-0.4, -0.2) is 40.1 Å². The molecular formula is C13H20N2O2S. The van der Waals surface area contributed by atoms with E-state index in [-0.39, 0.29) is 5.91 Å². The van der Waals surface area contributed by atoms with Crippen molar-refractivity contribution in [3.05, 3.63) is 16.1 Å². The van der Waals surface area contributed by atoms with Gasteiger partial charge in [-0.25, -0.2) is 4.98 Å². The first-order valence-electron chi connectivity index (χ1n) is 6.36. The summed E-state index contributed by atoms with van der Waals surface area (Å²) in [6, 6.07) is 0. The first kappa shape index (κ1) is 13.5. The summed E-state index contributed by atoms with van der Waals surface area (Å²) >= 11 is 1.56. The van der Waals surface area contributed by atoms with Crippen molar-refractivity contribution in [2.45, 2.75) is 44.6 Å². The van der Waals surface area contributed by atoms with Crippen molar-refractivity contribution in [2.24, 2.45) is 0 Å². The Morgan fingerprint density at radius 1 is 1.56 bits per heavy atom. The smallest absolute Gasteiger partial charge is 0.228 e. The van der Waals surface area contributed by atoms with Gasteiger partial charge in [-0.1, -0.05) is 12.8 Å². The number of carbonyl (C=O) groups is 1. The van der Waals surface area contributed by atoms with Gasteiger partial charge in [0.25, 0.3) is 0 Å². The van der Waals surface area contributed by atoms with E-state index in [2.05, 4.69) is 4.98 Å². The lowest BCUT2D eigenvalue weighted by Gasteiger charge is -2.28. The number of rotatable bonds is 4. The molecule has 0 radical (unpaired) electrons. The molecule has 0 aliphatic heterocycles. The number of nitrogens with zero attached hydrogens (tertiary/aromatic N) is 2. The van der Waals surface area contributed by atoms with E-state index in [1.807, 2.05) is 12.3 Å². The number of likely N-dealkylation sites (N-methyl/N-ethyl adjacent to an activating group) is 1. The number of aliphatic hydroxyl groups is 1. The van der Waals surface area contributed by atoms with Crippen LogP contribution in [0.3, 0.4) is 0 Å². The minimum atomic E-state index is -0.664. The highest BCUT2D eigenvalue weighted by Gasteiger charge is 2.33. The predicted octanol–water partition coefficient (Wildman–Crippen LogP) is 1.76. The minimum absolute atomic E-state index is 0.0284. The van der Waals surface area contributed by atoms with Crippen LogP contribution in [0.4, 0.5) is 0 Å². The molecule has 2 rings (SSSR count). The fraction of sp³-hybridized carbons (Fsp3) is 0.692. The summed E-state index contributed by atoms with van der Waals surface area (Å²) in [6.07, 6.45) is 4.06. The third-order valence-corrected chi connectivity index (χ3v) is 4.31. The summed E-state index contributed by atoms with van der Waals surface area (Å²) in [5.74, 6) is 0.0284. The molecule has 18 heavy (non-hydrogen) atoms. The molecule has 1 heterocycles. The van der Waals surface area contributed by atoms with Crippen molar-refractivity contribution in [2.75, 3.05) is 13.6 Å². The van der Waals surface area contributed by atoms with Gasteiger partial charge in [-0.2, -0.15) is 0 Å². The first-order chi connectivity index (χ1) is 8.48. The average Bonchev–Trinajstić information content (AvgIpc) is 2.88. The van der Waals surface area contributed by atoms with Crippen molar-refractivity contribution < 1.29 is 9.90 Å². The second-order valence-corrected chi connectivity index (χ2v) is 6.28. The maximum atomic E-state index is 12.0. The summed E-state index contributed by atoms with van der Waals surface area (Å²) in [4.78, 5) is 18.0. The predicted molar refractivity (Wildman–Crippen MR) is 71.6 cm³/mol. The fourth-order valence-corrected chi connectivity index (χ4v) is 3.11. The zero-order valence-electron chi connectivity index (χ0n) is 11.0. The van der Waals surface area contributed by atoms with E-state index in [1.54, 1.807) is 23.3 Å². The van der Waals surface area contributed by atoms with Crippen LogP contribution >= 0.6 is 11.3 Å². The second-order valence-electron chi connectivity index (χ2n) is 5.22. The summed E-state index contributed by atoms with van der Waals surface area (Å²) in [5, 5.41) is 13.2. The number of hydrogen-bond acceptors (Lipinski definition) is 4. The van der Waals surface area contributed by atoms with Crippen LogP contribution in [0.5, 0.6) is 0 Å². The monoisotopic (exact) mass is 268 g/mol. The molecule has 1 aromatic rings. The molecule has 1 N–H and O–H groups in total. The van der Waals surface area contributed by atoms with E-state index in [1.165, 1.54) is 0 Å². The summed E-state index contributed by atoms with van der Waals surface area (Å²) < 4.78 is 0. The van der Waals surface area contributed by atoms with Crippen molar-refractivity contribution in [3.63, 3.8) is 0 Å². The molecule has 0 unspecified atom stereocenters. The molecular weight excluding hydrogens is 248 g/mol. The molecule has 0 bridgehead atoms. The maximum Gasteiger partial charge on any atom is 0.228 e. The highest BCUT2D eigenvalue weighted by Crippen LogP contribution is 2.30. The van der Waals surface area contributed by atoms with Crippen molar-refractivity contribution in [1.82, 2.24) is 9.88 Å². The van der Waals surface area contributed by atoms with Gasteiger partial charge in [-0.3, -0.25) is 4.79 Å². The third kappa shape index (κ3) is 3.29. The van der Waals surface area contributed by atoms with Gasteiger partial charge in [-0.15, -0.1) is 11.3 Å². The largest absolute Gasteiger partial charge is 0.388 e. The Bertz CT molecular complexity index is 424. The summed E-state index contributed by atoms with van der Waals surface area (Å²) in [6.45, 7) is 2.37. The van der Waals surface area contributed by atoms with Crippen LogP contribution in [-0.2, 0) is 11.2 Å². The zero-order valence-corrected chi connectivity index (χ0v) is 11.8. The molecule has 1 fully saturated rings. The summed E-state index contributed by atoms with van der Waals surface area (Å²) in [7, 11) is 1.76. The molecule has 0 atom stereocenters. The van der Waals surface area contributed by atoms with Crippen LogP contribution in [0.25, 0.3) is 0 Å². The van der Waals surface area contributed by atoms with Crippen molar-refractivity contribution in [3.8, 4) is 0 Å². The molecule has 1 amide bonds. The normalized spacial score (nSPS) is 17.9. The Kier molecular flexibility index (Phi) is 4.02. The van der Waals surface area contributed by atoms with Crippen molar-refractivity contribution >= 4 is 17.2 Å². The Balaban J connectivity index is 1.88. The molecule has 100 valence electrons. The summed E-state index contributed by atoms with van der Waals surface area (Å²) in [5.41, 5.74) is 0.162. The number of aromatic nitrogens is 1. The van der Waals surface area contributed by atoms with Crippen LogP contribution in [0.15, 0.2) is 5.38 Å². The zero-order chi connectivity index (χ0) is 13.2. The van der Waals surface area contributed by atoms with Gasteiger partial charge in [0.1, 0.15) is 0 Å². The van der Waals surface area contributed by atoms with Gasteiger partial charge in [0.15, 0.2) is 0 Å². The molecule has 1 aromatic heterocycles. The highest BCUT2D eigenvalue weighted by atomic mass is 32.1. The van der Waals surface area contributed by atoms with Crippen LogP contribution in [0.2, 0.25) is 0 Å². The first-order valence-corrected chi connectivity index (χ1v) is 7.24. The molecule has 0 spiro atoms. The van der Waals surface area contributed by atoms with Gasteiger partial charge in [0, 0.05) is 19.0 Å². The van der Waals surface area contributed by atoms with Gasteiger partial charge >= 0.3 is 0 Å². The SMILES string of the molecule is Cc1nc(CC(=O)N(C)CC2(O)CCCC2)cs1. The standard InChI is InChI=1S/C13H20N2O2S/c1-10-14-11(8-18-10)7-12(16)15(2)9-13(17)5-3-4-6-13/h8,17H,3-7,9H2,1-2H3. The van der Waals surface area contributed by atoms with E-state index >= 15 is 0 Å². The molecule has 4 nitrogen and oxygen atoms in total. The number of amides is 1. The van der Waals surface area contributed by atoms with E-state index in [4.69, 9.17) is 0 Å². The minimum Gasteiger partial charge on any atom is -0.388 e. The van der Waals surface area contributed by atoms with Crippen LogP contribution in [0, 0.1) is 6.92 Å². The van der Waals surface area contributed by atoms with E-state index in [9.17, 15) is 9.90 Å².